The summed E-state index contributed by atoms with van der Waals surface area (Å²) in [6.45, 7) is 2.12. The van der Waals surface area contributed by atoms with Gasteiger partial charge in [0.1, 0.15) is 5.57 Å². The zero-order valence-corrected chi connectivity index (χ0v) is 10.3. The van der Waals surface area contributed by atoms with Crippen molar-refractivity contribution in [2.75, 3.05) is 6.66 Å². The average molecular weight is 269 g/mol. The van der Waals surface area contributed by atoms with Crippen molar-refractivity contribution >= 4 is 30.1 Å². The third-order valence-electron chi connectivity index (χ3n) is 1.97. The van der Waals surface area contributed by atoms with Crippen LogP contribution in [0.25, 0.3) is 11.3 Å². The van der Waals surface area contributed by atoms with E-state index in [1.165, 1.54) is 5.56 Å². The minimum absolute atomic E-state index is 0.717. The van der Waals surface area contributed by atoms with E-state index in [0.717, 1.165) is 24.3 Å². The Morgan fingerprint density at radius 1 is 1.29 bits per heavy atom. The molecule has 4 heteroatoms. The third kappa shape index (κ3) is 2.05. The van der Waals surface area contributed by atoms with E-state index in [1.54, 1.807) is 0 Å². The molecule has 0 aliphatic carbocycles. The molecule has 0 saturated carbocycles. The molecule has 1 unspecified atom stereocenters. The number of benzene rings is 1. The molecule has 0 bridgehead atoms. The smallest absolute Gasteiger partial charge is 0.125 e. The van der Waals surface area contributed by atoms with Gasteiger partial charge in [-0.05, 0) is 24.4 Å². The first kappa shape index (κ1) is 9.88. The highest BCUT2D eigenvalue weighted by molar-refractivity contribution is 9.10. The van der Waals surface area contributed by atoms with Gasteiger partial charge in [-0.3, -0.25) is 0 Å². The molecule has 0 radical (unpaired) electrons. The Bertz CT molecular complexity index is 422. The topological polar surface area (TPSA) is 28.7 Å². The van der Waals surface area contributed by atoms with Crippen LogP contribution in [0.5, 0.6) is 0 Å². The Balaban J connectivity index is 2.34. The maximum atomic E-state index is 4.28. The van der Waals surface area contributed by atoms with Crippen molar-refractivity contribution in [2.45, 2.75) is 0 Å². The largest absolute Gasteiger partial charge is 0.339 e. The van der Waals surface area contributed by atoms with Crippen LogP contribution in [0.4, 0.5) is 0 Å². The number of hydrogen-bond donors (Lipinski definition) is 1. The molecule has 0 aliphatic heterocycles. The quantitative estimate of drug-likeness (QED) is 0.834. The average Bonchev–Trinajstić information content (AvgIpc) is 2.67. The van der Waals surface area contributed by atoms with Crippen LogP contribution in [0.15, 0.2) is 34.9 Å². The van der Waals surface area contributed by atoms with Crippen molar-refractivity contribution in [2.24, 2.45) is 0 Å². The van der Waals surface area contributed by atoms with Crippen molar-refractivity contribution in [1.82, 2.24) is 9.97 Å². The molecular formula is C10H10BrN2P. The fraction of sp³-hybridized carbons (Fsp3) is 0.100. The molecule has 72 valence electrons. The lowest BCUT2D eigenvalue weighted by Crippen LogP contribution is -1.96. The lowest BCUT2D eigenvalue weighted by Gasteiger charge is -1.96. The summed E-state index contributed by atoms with van der Waals surface area (Å²) in [5.74, 6) is 0. The monoisotopic (exact) mass is 268 g/mol. The van der Waals surface area contributed by atoms with E-state index in [4.69, 9.17) is 0 Å². The summed E-state index contributed by atoms with van der Waals surface area (Å²) in [7, 11) is 0.717. The number of imidazole rings is 1. The second-order valence-electron chi connectivity index (χ2n) is 2.90. The van der Waals surface area contributed by atoms with Crippen LogP contribution in [0.3, 0.4) is 0 Å². The van der Waals surface area contributed by atoms with E-state index in [0.29, 0.717) is 0 Å². The van der Waals surface area contributed by atoms with Gasteiger partial charge >= 0.3 is 0 Å². The summed E-state index contributed by atoms with van der Waals surface area (Å²) >= 11 is 3.41. The fourth-order valence-electron chi connectivity index (χ4n) is 1.22. The van der Waals surface area contributed by atoms with Gasteiger partial charge < -0.3 is 4.98 Å². The van der Waals surface area contributed by atoms with Crippen molar-refractivity contribution in [3.8, 4) is 11.3 Å². The van der Waals surface area contributed by atoms with Crippen LogP contribution in [-0.2, 0) is 0 Å². The molecule has 0 fully saturated rings. The molecule has 2 rings (SSSR count). The maximum Gasteiger partial charge on any atom is 0.125 e. The third-order valence-corrected chi connectivity index (χ3v) is 3.22. The van der Waals surface area contributed by atoms with Gasteiger partial charge in [0.25, 0.3) is 0 Å². The Morgan fingerprint density at radius 2 is 2.00 bits per heavy atom. The lowest BCUT2D eigenvalue weighted by atomic mass is 10.2. The minimum atomic E-state index is 0.717. The highest BCUT2D eigenvalue weighted by atomic mass is 79.9. The summed E-state index contributed by atoms with van der Waals surface area (Å²) in [5, 5.41) is 0. The Labute approximate surface area is 93.1 Å². The molecule has 1 aromatic heterocycles. The highest BCUT2D eigenvalue weighted by Crippen LogP contribution is 2.19. The molecule has 1 atom stereocenters. The van der Waals surface area contributed by atoms with Gasteiger partial charge in [-0.25, -0.2) is 4.98 Å². The molecule has 0 aliphatic rings. The van der Waals surface area contributed by atoms with E-state index in [2.05, 4.69) is 44.7 Å². The predicted molar refractivity (Wildman–Crippen MR) is 65.6 cm³/mol. The first-order chi connectivity index (χ1) is 6.79. The van der Waals surface area contributed by atoms with Gasteiger partial charge in [-0.15, -0.1) is 0 Å². The molecule has 2 nitrogen and oxygen atoms in total. The summed E-state index contributed by atoms with van der Waals surface area (Å²) in [6, 6.07) is 8.20. The zero-order chi connectivity index (χ0) is 9.97. The second kappa shape index (κ2) is 4.24. The first-order valence-corrected chi connectivity index (χ1v) is 6.57. The fourth-order valence-corrected chi connectivity index (χ4v) is 1.94. The van der Waals surface area contributed by atoms with Gasteiger partial charge in [0, 0.05) is 4.47 Å². The van der Waals surface area contributed by atoms with Gasteiger partial charge in [-0.1, -0.05) is 36.6 Å². The van der Waals surface area contributed by atoms with Crippen molar-refractivity contribution in [3.05, 3.63) is 34.9 Å². The molecule has 0 amide bonds. The highest BCUT2D eigenvalue weighted by Gasteiger charge is 2.00. The zero-order valence-electron chi connectivity index (χ0n) is 7.71. The number of H-pyrrole nitrogens is 1. The molecule has 1 heterocycles. The first-order valence-electron chi connectivity index (χ1n) is 4.28. The summed E-state index contributed by atoms with van der Waals surface area (Å²) in [5.41, 5.74) is 3.31. The number of nitrogens with zero attached hydrogens (tertiary/aromatic N) is 1. The van der Waals surface area contributed by atoms with Crippen molar-refractivity contribution in [1.29, 1.82) is 0 Å². The van der Waals surface area contributed by atoms with Gasteiger partial charge in [-0.2, -0.15) is 0 Å². The van der Waals surface area contributed by atoms with Crippen LogP contribution in [0.2, 0.25) is 0 Å². The van der Waals surface area contributed by atoms with Crippen molar-refractivity contribution < 1.29 is 0 Å². The Kier molecular flexibility index (Phi) is 2.99. The number of aromatic nitrogens is 2. The number of halogens is 1. The Hall–Kier alpha value is -0.660. The Morgan fingerprint density at radius 3 is 2.57 bits per heavy atom. The normalized spacial score (nSPS) is 11.3. The van der Waals surface area contributed by atoms with E-state index in [-0.39, 0.29) is 0 Å². The molecular weight excluding hydrogens is 259 g/mol. The van der Waals surface area contributed by atoms with E-state index in [1.807, 2.05) is 18.3 Å². The minimum Gasteiger partial charge on any atom is -0.339 e. The predicted octanol–water partition coefficient (Wildman–Crippen LogP) is 2.77. The van der Waals surface area contributed by atoms with Gasteiger partial charge in [0.05, 0.1) is 11.9 Å². The summed E-state index contributed by atoms with van der Waals surface area (Å²) < 4.78 is 1.10. The maximum absolute atomic E-state index is 4.28. The second-order valence-corrected chi connectivity index (χ2v) is 4.79. The standard InChI is InChI=1S/C10H10BrN2P/c1-14-10-12-6-9(13-10)7-2-4-8(11)5-3-7/h2-6,14H,1H3,(H,12,13). The molecule has 2 aromatic rings. The number of hydrogen-bond acceptors (Lipinski definition) is 1. The van der Waals surface area contributed by atoms with Crippen LogP contribution in [-0.4, -0.2) is 16.6 Å². The number of rotatable bonds is 2. The van der Waals surface area contributed by atoms with E-state index in [9.17, 15) is 0 Å². The number of aromatic amines is 1. The van der Waals surface area contributed by atoms with Crippen LogP contribution < -0.4 is 5.57 Å². The molecule has 0 spiro atoms. The number of nitrogens with one attached hydrogen (secondary N) is 1. The summed E-state index contributed by atoms with van der Waals surface area (Å²) in [6.07, 6.45) is 1.88. The molecule has 0 saturated heterocycles. The van der Waals surface area contributed by atoms with Crippen LogP contribution >= 0.6 is 24.5 Å². The molecule has 14 heavy (non-hydrogen) atoms. The van der Waals surface area contributed by atoms with Crippen molar-refractivity contribution in [3.63, 3.8) is 0 Å². The summed E-state index contributed by atoms with van der Waals surface area (Å²) in [4.78, 5) is 7.56. The SMILES string of the molecule is CPc1ncc(-c2ccc(Br)cc2)[nH]1. The lowest BCUT2D eigenvalue weighted by molar-refractivity contribution is 1.41. The van der Waals surface area contributed by atoms with Crippen LogP contribution in [0, 0.1) is 0 Å². The van der Waals surface area contributed by atoms with E-state index >= 15 is 0 Å². The molecule has 1 N–H and O–H groups in total. The van der Waals surface area contributed by atoms with E-state index < -0.39 is 0 Å². The van der Waals surface area contributed by atoms with Crippen LogP contribution in [0.1, 0.15) is 0 Å². The van der Waals surface area contributed by atoms with Gasteiger partial charge in [0.2, 0.25) is 0 Å². The van der Waals surface area contributed by atoms with Gasteiger partial charge in [0.15, 0.2) is 0 Å². The molecule has 1 aromatic carbocycles.